The molecule has 0 aliphatic rings. The summed E-state index contributed by atoms with van der Waals surface area (Å²) in [6.07, 6.45) is -0.482. The third-order valence-electron chi connectivity index (χ3n) is 5.93. The van der Waals surface area contributed by atoms with E-state index in [1.165, 1.54) is 12.1 Å². The molecule has 0 radical (unpaired) electrons. The maximum absolute atomic E-state index is 13.0. The number of hydrogen-bond acceptors (Lipinski definition) is 6. The van der Waals surface area contributed by atoms with Crippen molar-refractivity contribution in [2.24, 2.45) is 5.92 Å². The van der Waals surface area contributed by atoms with Crippen LogP contribution in [0.15, 0.2) is 89.8 Å². The van der Waals surface area contributed by atoms with E-state index in [4.69, 9.17) is 4.74 Å². The van der Waals surface area contributed by atoms with Gasteiger partial charge < -0.3 is 20.5 Å². The average molecular weight is 511 g/mol. The number of hydrogen-bond donors (Lipinski definition) is 3. The number of amides is 1. The fourth-order valence-corrected chi connectivity index (χ4v) is 5.47. The second-order valence-corrected chi connectivity index (χ2v) is 10.9. The smallest absolute Gasteiger partial charge is 0.224 e. The lowest BCUT2D eigenvalue weighted by Crippen LogP contribution is -2.50. The van der Waals surface area contributed by atoms with Gasteiger partial charge >= 0.3 is 0 Å². The Labute approximate surface area is 213 Å². The average Bonchev–Trinajstić information content (AvgIpc) is 2.89. The Morgan fingerprint density at radius 1 is 0.944 bits per heavy atom. The maximum Gasteiger partial charge on any atom is 0.224 e. The van der Waals surface area contributed by atoms with Gasteiger partial charge in [-0.3, -0.25) is 4.79 Å². The molecule has 0 aliphatic carbocycles. The number of benzene rings is 3. The van der Waals surface area contributed by atoms with Gasteiger partial charge in [0.15, 0.2) is 9.84 Å². The summed E-state index contributed by atoms with van der Waals surface area (Å²) in [7, 11) is -2.01. The first-order valence-electron chi connectivity index (χ1n) is 11.9. The minimum atomic E-state index is -3.62. The van der Waals surface area contributed by atoms with Gasteiger partial charge in [0.25, 0.3) is 0 Å². The SMILES string of the molecule is COc1cccc(CNC[C@H](O)[C@H](Cc2ccccc2)NC(=O)[C@H](C)CS(=O)(=O)c2ccccc2)c1. The predicted molar refractivity (Wildman–Crippen MR) is 140 cm³/mol. The van der Waals surface area contributed by atoms with E-state index in [1.54, 1.807) is 32.2 Å². The zero-order chi connectivity index (χ0) is 26.0. The Balaban J connectivity index is 1.64. The molecule has 3 atom stereocenters. The third-order valence-corrected chi connectivity index (χ3v) is 7.86. The molecule has 1 amide bonds. The minimum Gasteiger partial charge on any atom is -0.497 e. The number of methoxy groups -OCH3 is 1. The van der Waals surface area contributed by atoms with Crippen molar-refractivity contribution >= 4 is 15.7 Å². The number of nitrogens with one attached hydrogen (secondary N) is 2. The summed E-state index contributed by atoms with van der Waals surface area (Å²) >= 11 is 0. The van der Waals surface area contributed by atoms with E-state index in [-0.39, 0.29) is 17.2 Å². The Kier molecular flexibility index (Phi) is 10.0. The Morgan fingerprint density at radius 3 is 2.25 bits per heavy atom. The first-order valence-corrected chi connectivity index (χ1v) is 13.6. The molecule has 0 fully saturated rings. The van der Waals surface area contributed by atoms with Gasteiger partial charge in [-0.15, -0.1) is 0 Å². The molecule has 0 bridgehead atoms. The normalized spacial score (nSPS) is 14.0. The topological polar surface area (TPSA) is 105 Å². The minimum absolute atomic E-state index is 0.187. The lowest BCUT2D eigenvalue weighted by Gasteiger charge is -2.26. The van der Waals surface area contributed by atoms with Crippen LogP contribution < -0.4 is 15.4 Å². The van der Waals surface area contributed by atoms with Gasteiger partial charge in [-0.2, -0.15) is 0 Å². The fourth-order valence-electron chi connectivity index (χ4n) is 3.89. The summed E-state index contributed by atoms with van der Waals surface area (Å²) < 4.78 is 30.7. The quantitative estimate of drug-likeness (QED) is 0.327. The Hall–Kier alpha value is -3.20. The molecule has 3 rings (SSSR count). The standard InChI is InChI=1S/C28H34N2O5S/c1-21(20-36(33,34)25-14-7-4-8-15-25)28(32)30-26(17-22-10-5-3-6-11-22)27(31)19-29-18-23-12-9-13-24(16-23)35-2/h3-16,21,26-27,29,31H,17-20H2,1-2H3,(H,30,32)/t21-,26+,27+/m1/s1. The van der Waals surface area contributed by atoms with E-state index in [2.05, 4.69) is 10.6 Å². The lowest BCUT2D eigenvalue weighted by atomic mass is 10.00. The van der Waals surface area contributed by atoms with Crippen LogP contribution >= 0.6 is 0 Å². The molecule has 36 heavy (non-hydrogen) atoms. The first-order chi connectivity index (χ1) is 17.3. The third kappa shape index (κ3) is 8.19. The van der Waals surface area contributed by atoms with Gasteiger partial charge in [0, 0.05) is 19.0 Å². The molecule has 8 heteroatoms. The summed E-state index contributed by atoms with van der Waals surface area (Å²) in [5.74, 6) is -0.762. The van der Waals surface area contributed by atoms with Gasteiger partial charge in [0.05, 0.1) is 29.9 Å². The first kappa shape index (κ1) is 27.4. The second kappa shape index (κ2) is 13.2. The van der Waals surface area contributed by atoms with Crippen molar-refractivity contribution in [1.29, 1.82) is 0 Å². The van der Waals surface area contributed by atoms with Crippen molar-refractivity contribution in [3.05, 3.63) is 96.1 Å². The highest BCUT2D eigenvalue weighted by molar-refractivity contribution is 7.91. The molecule has 0 aliphatic heterocycles. The van der Waals surface area contributed by atoms with Crippen molar-refractivity contribution < 1.29 is 23.1 Å². The molecule has 0 unspecified atom stereocenters. The number of aliphatic hydroxyl groups excluding tert-OH is 1. The second-order valence-electron chi connectivity index (χ2n) is 8.85. The summed E-state index contributed by atoms with van der Waals surface area (Å²) in [4.78, 5) is 13.2. The number of rotatable bonds is 13. The van der Waals surface area contributed by atoms with E-state index in [1.807, 2.05) is 54.6 Å². The van der Waals surface area contributed by atoms with E-state index in [9.17, 15) is 18.3 Å². The predicted octanol–water partition coefficient (Wildman–Crippen LogP) is 2.98. The highest BCUT2D eigenvalue weighted by Crippen LogP contribution is 2.15. The molecule has 3 aromatic rings. The van der Waals surface area contributed by atoms with Gasteiger partial charge in [0.2, 0.25) is 5.91 Å². The molecule has 0 saturated heterocycles. The van der Waals surface area contributed by atoms with Crippen LogP contribution in [-0.4, -0.2) is 51.0 Å². The number of carbonyl (C=O) groups excluding carboxylic acids is 1. The van der Waals surface area contributed by atoms with Crippen molar-refractivity contribution in [3.63, 3.8) is 0 Å². The van der Waals surface area contributed by atoms with E-state index >= 15 is 0 Å². The monoisotopic (exact) mass is 510 g/mol. The highest BCUT2D eigenvalue weighted by Gasteiger charge is 2.27. The molecule has 3 aromatic carbocycles. The number of carbonyl (C=O) groups is 1. The lowest BCUT2D eigenvalue weighted by molar-refractivity contribution is -0.125. The molecular weight excluding hydrogens is 476 g/mol. The van der Waals surface area contributed by atoms with Gasteiger partial charge in [-0.1, -0.05) is 67.6 Å². The van der Waals surface area contributed by atoms with Crippen molar-refractivity contribution in [1.82, 2.24) is 10.6 Å². The maximum atomic E-state index is 13.0. The Morgan fingerprint density at radius 2 is 1.58 bits per heavy atom. The molecule has 7 nitrogen and oxygen atoms in total. The van der Waals surface area contributed by atoms with E-state index in [0.29, 0.717) is 13.0 Å². The summed E-state index contributed by atoms with van der Waals surface area (Å²) in [6.45, 7) is 2.35. The van der Waals surface area contributed by atoms with Crippen molar-refractivity contribution in [2.45, 2.75) is 36.9 Å². The zero-order valence-corrected chi connectivity index (χ0v) is 21.4. The fraction of sp³-hybridized carbons (Fsp3) is 0.321. The van der Waals surface area contributed by atoms with Crippen LogP contribution in [0.4, 0.5) is 0 Å². The largest absolute Gasteiger partial charge is 0.497 e. The van der Waals surface area contributed by atoms with Crippen LogP contribution in [0.1, 0.15) is 18.1 Å². The van der Waals surface area contributed by atoms with Crippen LogP contribution in [0.25, 0.3) is 0 Å². The zero-order valence-electron chi connectivity index (χ0n) is 20.6. The van der Waals surface area contributed by atoms with Gasteiger partial charge in [-0.25, -0.2) is 8.42 Å². The molecule has 0 spiro atoms. The van der Waals surface area contributed by atoms with Crippen LogP contribution in [0.5, 0.6) is 5.75 Å². The molecule has 192 valence electrons. The molecule has 0 aromatic heterocycles. The van der Waals surface area contributed by atoms with E-state index < -0.39 is 33.8 Å². The molecular formula is C28H34N2O5S. The van der Waals surface area contributed by atoms with Crippen molar-refractivity contribution in [3.8, 4) is 5.75 Å². The molecule has 0 saturated carbocycles. The van der Waals surface area contributed by atoms with Crippen molar-refractivity contribution in [2.75, 3.05) is 19.4 Å². The van der Waals surface area contributed by atoms with Crippen LogP contribution in [-0.2, 0) is 27.6 Å². The summed E-state index contributed by atoms with van der Waals surface area (Å²) in [5.41, 5.74) is 1.96. The van der Waals surface area contributed by atoms with Crippen LogP contribution in [0.3, 0.4) is 0 Å². The highest BCUT2D eigenvalue weighted by atomic mass is 32.2. The number of aliphatic hydroxyl groups is 1. The Bertz CT molecular complexity index is 1200. The molecule has 3 N–H and O–H groups in total. The van der Waals surface area contributed by atoms with Gasteiger partial charge in [-0.05, 0) is 41.8 Å². The molecule has 0 heterocycles. The summed E-state index contributed by atoms with van der Waals surface area (Å²) in [5, 5.41) is 17.1. The number of sulfone groups is 1. The van der Waals surface area contributed by atoms with Crippen LogP contribution in [0, 0.1) is 5.92 Å². The van der Waals surface area contributed by atoms with Gasteiger partial charge in [0.1, 0.15) is 5.75 Å². The van der Waals surface area contributed by atoms with E-state index in [0.717, 1.165) is 16.9 Å². The summed E-state index contributed by atoms with van der Waals surface area (Å²) in [6, 6.07) is 24.7. The number of ether oxygens (including phenoxy) is 1. The van der Waals surface area contributed by atoms with Crippen LogP contribution in [0.2, 0.25) is 0 Å².